The number of anilines is 1. The Labute approximate surface area is 148 Å². The molecule has 0 saturated carbocycles. The Morgan fingerprint density at radius 1 is 1.08 bits per heavy atom. The second-order valence-electron chi connectivity index (χ2n) is 7.02. The van der Waals surface area contributed by atoms with Crippen LogP contribution in [0, 0.1) is 11.2 Å². The van der Waals surface area contributed by atoms with E-state index in [1.807, 2.05) is 19.9 Å². The third kappa shape index (κ3) is 3.19. The standard InChI is InChI=1S/C17H23FN4O.C2H6/c1-21-15-13(3-2-12(18)14(15)20-16(21)23)22-10-6-17(7-11-22)4-8-19-9-5-17;1-2/h2-3,19H,4-11H2,1H3,(H,20,23);1-2H3. The Bertz CT molecular complexity index is 779. The number of rotatable bonds is 1. The van der Waals surface area contributed by atoms with Gasteiger partial charge in [-0.15, -0.1) is 0 Å². The molecular weight excluding hydrogens is 319 g/mol. The normalized spacial score (nSPS) is 19.8. The molecular formula is C19H29FN4O. The van der Waals surface area contributed by atoms with E-state index in [9.17, 15) is 9.18 Å². The van der Waals surface area contributed by atoms with Crippen LogP contribution in [0.4, 0.5) is 10.1 Å². The molecule has 0 aliphatic carbocycles. The summed E-state index contributed by atoms with van der Waals surface area (Å²) < 4.78 is 15.5. The summed E-state index contributed by atoms with van der Waals surface area (Å²) in [6, 6.07) is 3.27. The number of H-pyrrole nitrogens is 1. The predicted octanol–water partition coefficient (Wildman–Crippen LogP) is 3.00. The van der Waals surface area contributed by atoms with Crippen LogP contribution in [-0.2, 0) is 7.05 Å². The molecule has 25 heavy (non-hydrogen) atoms. The van der Waals surface area contributed by atoms with Crippen molar-refractivity contribution in [3.8, 4) is 0 Å². The number of piperidine rings is 2. The lowest BCUT2D eigenvalue weighted by molar-refractivity contribution is 0.155. The zero-order valence-corrected chi connectivity index (χ0v) is 15.5. The lowest BCUT2D eigenvalue weighted by Gasteiger charge is -2.45. The highest BCUT2D eigenvalue weighted by Crippen LogP contribution is 2.41. The lowest BCUT2D eigenvalue weighted by Crippen LogP contribution is -2.45. The van der Waals surface area contributed by atoms with Crippen LogP contribution in [0.3, 0.4) is 0 Å². The summed E-state index contributed by atoms with van der Waals surface area (Å²) in [5.74, 6) is -0.367. The van der Waals surface area contributed by atoms with Crippen molar-refractivity contribution < 1.29 is 4.39 Å². The molecule has 4 rings (SSSR count). The quantitative estimate of drug-likeness (QED) is 0.833. The van der Waals surface area contributed by atoms with Gasteiger partial charge in [0.05, 0.1) is 11.2 Å². The van der Waals surface area contributed by atoms with Crippen molar-refractivity contribution in [1.29, 1.82) is 0 Å². The van der Waals surface area contributed by atoms with Crippen LogP contribution >= 0.6 is 0 Å². The highest BCUT2D eigenvalue weighted by molar-refractivity contribution is 5.89. The van der Waals surface area contributed by atoms with Gasteiger partial charge in [0.1, 0.15) is 11.3 Å². The number of nitrogens with one attached hydrogen (secondary N) is 2. The first kappa shape index (κ1) is 18.0. The number of fused-ring (bicyclic) bond motifs is 1. The Hall–Kier alpha value is -1.82. The fourth-order valence-corrected chi connectivity index (χ4v) is 4.24. The maximum absolute atomic E-state index is 14.0. The predicted molar refractivity (Wildman–Crippen MR) is 101 cm³/mol. The lowest BCUT2D eigenvalue weighted by atomic mass is 9.71. The monoisotopic (exact) mass is 348 g/mol. The molecule has 0 unspecified atom stereocenters. The molecule has 1 aromatic heterocycles. The van der Waals surface area contributed by atoms with Crippen molar-refractivity contribution in [3.05, 3.63) is 28.4 Å². The molecule has 0 amide bonds. The minimum Gasteiger partial charge on any atom is -0.370 e. The molecule has 2 aliphatic rings. The van der Waals surface area contributed by atoms with Crippen molar-refractivity contribution in [2.45, 2.75) is 39.5 Å². The van der Waals surface area contributed by atoms with Gasteiger partial charge in [0, 0.05) is 20.1 Å². The molecule has 2 saturated heterocycles. The van der Waals surface area contributed by atoms with E-state index in [1.54, 1.807) is 7.05 Å². The first-order chi connectivity index (χ1) is 12.1. The van der Waals surface area contributed by atoms with E-state index in [4.69, 9.17) is 0 Å². The maximum Gasteiger partial charge on any atom is 0.326 e. The van der Waals surface area contributed by atoms with E-state index in [2.05, 4.69) is 15.2 Å². The molecule has 2 aliphatic heterocycles. The molecule has 1 spiro atoms. The van der Waals surface area contributed by atoms with Crippen molar-refractivity contribution in [2.24, 2.45) is 12.5 Å². The third-order valence-electron chi connectivity index (χ3n) is 5.81. The van der Waals surface area contributed by atoms with Gasteiger partial charge in [0.15, 0.2) is 0 Å². The van der Waals surface area contributed by atoms with Crippen molar-refractivity contribution in [3.63, 3.8) is 0 Å². The summed E-state index contributed by atoms with van der Waals surface area (Å²) in [5, 5.41) is 3.44. The third-order valence-corrected chi connectivity index (χ3v) is 5.81. The molecule has 2 N–H and O–H groups in total. The molecule has 2 fully saturated rings. The number of hydrogen-bond donors (Lipinski definition) is 2. The van der Waals surface area contributed by atoms with Gasteiger partial charge in [-0.2, -0.15) is 0 Å². The molecule has 2 aromatic rings. The summed E-state index contributed by atoms with van der Waals surface area (Å²) in [6.07, 6.45) is 4.85. The van der Waals surface area contributed by atoms with Crippen LogP contribution in [0.15, 0.2) is 16.9 Å². The van der Waals surface area contributed by atoms with Crippen LogP contribution in [0.1, 0.15) is 39.5 Å². The number of halogens is 1. The molecule has 1 aromatic carbocycles. The average molecular weight is 348 g/mol. The van der Waals surface area contributed by atoms with E-state index in [0.29, 0.717) is 16.4 Å². The Morgan fingerprint density at radius 2 is 1.72 bits per heavy atom. The van der Waals surface area contributed by atoms with E-state index in [-0.39, 0.29) is 11.5 Å². The highest BCUT2D eigenvalue weighted by Gasteiger charge is 2.36. The Kier molecular flexibility index (Phi) is 5.18. The first-order valence-corrected chi connectivity index (χ1v) is 9.43. The van der Waals surface area contributed by atoms with Crippen LogP contribution in [0.2, 0.25) is 0 Å². The topological polar surface area (TPSA) is 53.1 Å². The van der Waals surface area contributed by atoms with Gasteiger partial charge in [0.2, 0.25) is 0 Å². The second kappa shape index (κ2) is 7.20. The number of aromatic nitrogens is 2. The summed E-state index contributed by atoms with van der Waals surface area (Å²) >= 11 is 0. The van der Waals surface area contributed by atoms with E-state index >= 15 is 0 Å². The van der Waals surface area contributed by atoms with Crippen LogP contribution < -0.4 is 15.9 Å². The van der Waals surface area contributed by atoms with Gasteiger partial charge in [-0.25, -0.2) is 9.18 Å². The second-order valence-corrected chi connectivity index (χ2v) is 7.02. The number of nitrogens with zero attached hydrogens (tertiary/aromatic N) is 2. The van der Waals surface area contributed by atoms with E-state index < -0.39 is 0 Å². The molecule has 6 heteroatoms. The molecule has 3 heterocycles. The van der Waals surface area contributed by atoms with Crippen LogP contribution in [-0.4, -0.2) is 35.7 Å². The number of benzene rings is 1. The SMILES string of the molecule is CC.Cn1c(=O)[nH]c2c(F)ccc(N3CCC4(CCNCC4)CC3)c21. The molecule has 5 nitrogen and oxygen atoms in total. The highest BCUT2D eigenvalue weighted by atomic mass is 19.1. The van der Waals surface area contributed by atoms with E-state index in [1.165, 1.54) is 36.3 Å². The van der Waals surface area contributed by atoms with Gasteiger partial charge in [-0.1, -0.05) is 13.8 Å². The van der Waals surface area contributed by atoms with Crippen LogP contribution in [0.5, 0.6) is 0 Å². The van der Waals surface area contributed by atoms with Gasteiger partial charge >= 0.3 is 5.69 Å². The Balaban J connectivity index is 0.000000880. The summed E-state index contributed by atoms with van der Waals surface area (Å²) in [4.78, 5) is 16.8. The zero-order chi connectivity index (χ0) is 18.0. The van der Waals surface area contributed by atoms with Crippen molar-refractivity contribution >= 4 is 16.7 Å². The largest absolute Gasteiger partial charge is 0.370 e. The average Bonchev–Trinajstić information content (AvgIpc) is 2.95. The molecule has 0 atom stereocenters. The minimum absolute atomic E-state index is 0.266. The fourth-order valence-electron chi connectivity index (χ4n) is 4.24. The summed E-state index contributed by atoms with van der Waals surface area (Å²) in [6.45, 7) is 8.18. The zero-order valence-electron chi connectivity index (χ0n) is 15.5. The smallest absolute Gasteiger partial charge is 0.326 e. The number of imidazole rings is 1. The number of aryl methyl sites for hydroxylation is 1. The van der Waals surface area contributed by atoms with E-state index in [0.717, 1.165) is 31.9 Å². The summed E-state index contributed by atoms with van der Waals surface area (Å²) in [5.41, 5.74) is 2.17. The van der Waals surface area contributed by atoms with Crippen molar-refractivity contribution in [2.75, 3.05) is 31.1 Å². The first-order valence-electron chi connectivity index (χ1n) is 9.43. The van der Waals surface area contributed by atoms with Gasteiger partial charge in [0.25, 0.3) is 0 Å². The Morgan fingerprint density at radius 3 is 2.36 bits per heavy atom. The van der Waals surface area contributed by atoms with Crippen molar-refractivity contribution in [1.82, 2.24) is 14.9 Å². The van der Waals surface area contributed by atoms with Gasteiger partial charge < -0.3 is 15.2 Å². The molecule has 138 valence electrons. The summed E-state index contributed by atoms with van der Waals surface area (Å²) in [7, 11) is 1.70. The molecule has 0 bridgehead atoms. The van der Waals surface area contributed by atoms with Gasteiger partial charge in [-0.3, -0.25) is 4.57 Å². The fraction of sp³-hybridized carbons (Fsp3) is 0.632. The van der Waals surface area contributed by atoms with Crippen LogP contribution in [0.25, 0.3) is 11.0 Å². The number of hydrogen-bond acceptors (Lipinski definition) is 3. The minimum atomic E-state index is -0.367. The van der Waals surface area contributed by atoms with Gasteiger partial charge in [-0.05, 0) is 56.3 Å². The number of aromatic amines is 1. The maximum atomic E-state index is 14.0. The molecule has 0 radical (unpaired) electrons.